The number of hydrogen-bond acceptors (Lipinski definition) is 3. The predicted octanol–water partition coefficient (Wildman–Crippen LogP) is 2.65. The second-order valence-electron chi connectivity index (χ2n) is 4.10. The van der Waals surface area contributed by atoms with Gasteiger partial charge in [-0.2, -0.15) is 0 Å². The van der Waals surface area contributed by atoms with Crippen LogP contribution in [0.1, 0.15) is 16.7 Å². The largest absolute Gasteiger partial charge is 0.382 e. The molecule has 0 saturated carbocycles. The van der Waals surface area contributed by atoms with Crippen LogP contribution in [-0.2, 0) is 0 Å². The molecule has 3 nitrogen and oxygen atoms in total. The lowest BCUT2D eigenvalue weighted by Gasteiger charge is -2.05. The Morgan fingerprint density at radius 1 is 0.875 bits per heavy atom. The summed E-state index contributed by atoms with van der Waals surface area (Å²) in [6, 6.07) is 8.24. The fraction of sp³-hybridized carbons (Fsp3) is 0.231. The molecule has 3 heteroatoms. The van der Waals surface area contributed by atoms with E-state index in [9.17, 15) is 0 Å². The van der Waals surface area contributed by atoms with Crippen molar-refractivity contribution in [2.75, 3.05) is 5.73 Å². The average molecular weight is 213 g/mol. The summed E-state index contributed by atoms with van der Waals surface area (Å²) in [6.45, 7) is 6.13. The molecule has 0 atom stereocenters. The lowest BCUT2D eigenvalue weighted by atomic mass is 10.0. The number of benzene rings is 1. The summed E-state index contributed by atoms with van der Waals surface area (Å²) in [5.41, 5.74) is 11.1. The molecule has 0 saturated heterocycles. The molecule has 0 unspecified atom stereocenters. The van der Waals surface area contributed by atoms with Crippen LogP contribution in [0.25, 0.3) is 11.3 Å². The Kier molecular flexibility index (Phi) is 2.60. The van der Waals surface area contributed by atoms with Crippen molar-refractivity contribution in [3.8, 4) is 11.3 Å². The highest BCUT2D eigenvalue weighted by Gasteiger charge is 2.04. The molecule has 2 N–H and O–H groups in total. The standard InChI is InChI=1S/C13H15N3/c1-8-4-5-11(6-9(8)2)12-7-10(3)13(14)16-15-12/h4-7H,1-3H3,(H2,14,16). The third-order valence-corrected chi connectivity index (χ3v) is 2.83. The van der Waals surface area contributed by atoms with Gasteiger partial charge in [-0.05, 0) is 49.6 Å². The third kappa shape index (κ3) is 1.89. The van der Waals surface area contributed by atoms with Crippen molar-refractivity contribution in [3.05, 3.63) is 41.0 Å². The minimum atomic E-state index is 0.493. The molecule has 0 spiro atoms. The van der Waals surface area contributed by atoms with Gasteiger partial charge in [0, 0.05) is 5.56 Å². The van der Waals surface area contributed by atoms with Crippen molar-refractivity contribution in [1.82, 2.24) is 10.2 Å². The summed E-state index contributed by atoms with van der Waals surface area (Å²) in [4.78, 5) is 0. The highest BCUT2D eigenvalue weighted by atomic mass is 15.1. The summed E-state index contributed by atoms with van der Waals surface area (Å²) in [6.07, 6.45) is 0. The number of nitrogens with two attached hydrogens (primary N) is 1. The number of nitrogens with zero attached hydrogens (tertiary/aromatic N) is 2. The van der Waals surface area contributed by atoms with Crippen molar-refractivity contribution < 1.29 is 0 Å². The normalized spacial score (nSPS) is 10.4. The van der Waals surface area contributed by atoms with Gasteiger partial charge in [0.1, 0.15) is 5.82 Å². The van der Waals surface area contributed by atoms with Gasteiger partial charge in [0.15, 0.2) is 0 Å². The monoisotopic (exact) mass is 213 g/mol. The second-order valence-corrected chi connectivity index (χ2v) is 4.10. The zero-order valence-electron chi connectivity index (χ0n) is 9.78. The quantitative estimate of drug-likeness (QED) is 0.792. The molecule has 16 heavy (non-hydrogen) atoms. The lowest BCUT2D eigenvalue weighted by Crippen LogP contribution is -1.98. The number of rotatable bonds is 1. The zero-order chi connectivity index (χ0) is 11.7. The highest BCUT2D eigenvalue weighted by Crippen LogP contribution is 2.21. The van der Waals surface area contributed by atoms with Gasteiger partial charge >= 0.3 is 0 Å². The molecule has 0 aliphatic rings. The minimum Gasteiger partial charge on any atom is -0.382 e. The van der Waals surface area contributed by atoms with Crippen LogP contribution in [0.15, 0.2) is 24.3 Å². The number of nitrogen functional groups attached to an aromatic ring is 1. The van der Waals surface area contributed by atoms with E-state index in [0.29, 0.717) is 5.82 Å². The summed E-state index contributed by atoms with van der Waals surface area (Å²) in [5, 5.41) is 8.04. The van der Waals surface area contributed by atoms with Gasteiger partial charge in [-0.3, -0.25) is 0 Å². The molecule has 0 aliphatic heterocycles. The van der Waals surface area contributed by atoms with Crippen molar-refractivity contribution in [2.24, 2.45) is 0 Å². The van der Waals surface area contributed by atoms with Crippen LogP contribution in [0.5, 0.6) is 0 Å². The summed E-state index contributed by atoms with van der Waals surface area (Å²) in [7, 11) is 0. The van der Waals surface area contributed by atoms with Gasteiger partial charge < -0.3 is 5.73 Å². The van der Waals surface area contributed by atoms with Crippen LogP contribution in [0.2, 0.25) is 0 Å². The van der Waals surface area contributed by atoms with E-state index in [2.05, 4.69) is 42.2 Å². The summed E-state index contributed by atoms with van der Waals surface area (Å²) in [5.74, 6) is 0.493. The molecule has 0 bridgehead atoms. The third-order valence-electron chi connectivity index (χ3n) is 2.83. The SMILES string of the molecule is Cc1ccc(-c2cc(C)c(N)nn2)cc1C. The fourth-order valence-corrected chi connectivity index (χ4v) is 1.54. The van der Waals surface area contributed by atoms with E-state index in [4.69, 9.17) is 5.73 Å². The Bertz CT molecular complexity index is 483. The maximum absolute atomic E-state index is 5.65. The van der Waals surface area contributed by atoms with E-state index in [1.807, 2.05) is 13.0 Å². The Morgan fingerprint density at radius 3 is 2.25 bits per heavy atom. The fourth-order valence-electron chi connectivity index (χ4n) is 1.54. The molecular formula is C13H15N3. The molecule has 1 aromatic carbocycles. The first-order chi connectivity index (χ1) is 7.58. The maximum atomic E-state index is 5.65. The predicted molar refractivity (Wildman–Crippen MR) is 66.1 cm³/mol. The lowest BCUT2D eigenvalue weighted by molar-refractivity contribution is 1.03. The molecule has 0 aliphatic carbocycles. The molecule has 0 radical (unpaired) electrons. The number of aromatic nitrogens is 2. The molecule has 2 aromatic rings. The van der Waals surface area contributed by atoms with E-state index >= 15 is 0 Å². The van der Waals surface area contributed by atoms with Crippen LogP contribution in [0.4, 0.5) is 5.82 Å². The van der Waals surface area contributed by atoms with Crippen molar-refractivity contribution in [2.45, 2.75) is 20.8 Å². The minimum absolute atomic E-state index is 0.493. The van der Waals surface area contributed by atoms with Gasteiger partial charge in [0.25, 0.3) is 0 Å². The van der Waals surface area contributed by atoms with Crippen molar-refractivity contribution >= 4 is 5.82 Å². The van der Waals surface area contributed by atoms with Crippen LogP contribution < -0.4 is 5.73 Å². The van der Waals surface area contributed by atoms with Crippen LogP contribution >= 0.6 is 0 Å². The van der Waals surface area contributed by atoms with Crippen LogP contribution in [0.3, 0.4) is 0 Å². The first-order valence-corrected chi connectivity index (χ1v) is 5.25. The molecule has 0 fully saturated rings. The van der Waals surface area contributed by atoms with Crippen molar-refractivity contribution in [1.29, 1.82) is 0 Å². The molecule has 2 rings (SSSR count). The Hall–Kier alpha value is -1.90. The van der Waals surface area contributed by atoms with Gasteiger partial charge in [-0.25, -0.2) is 0 Å². The molecule has 82 valence electrons. The number of aryl methyl sites for hydroxylation is 3. The first-order valence-electron chi connectivity index (χ1n) is 5.25. The van der Waals surface area contributed by atoms with E-state index < -0.39 is 0 Å². The summed E-state index contributed by atoms with van der Waals surface area (Å²) >= 11 is 0. The Labute approximate surface area is 95.3 Å². The average Bonchev–Trinajstić information content (AvgIpc) is 2.26. The molecule has 1 heterocycles. The van der Waals surface area contributed by atoms with Gasteiger partial charge in [0.2, 0.25) is 0 Å². The Morgan fingerprint density at radius 2 is 1.62 bits per heavy atom. The van der Waals surface area contributed by atoms with Gasteiger partial charge in [0.05, 0.1) is 5.69 Å². The number of hydrogen-bond donors (Lipinski definition) is 1. The van der Waals surface area contributed by atoms with Gasteiger partial charge in [-0.15, -0.1) is 10.2 Å². The smallest absolute Gasteiger partial charge is 0.149 e. The van der Waals surface area contributed by atoms with E-state index in [-0.39, 0.29) is 0 Å². The first kappa shape index (κ1) is 10.6. The zero-order valence-corrected chi connectivity index (χ0v) is 9.78. The van der Waals surface area contributed by atoms with Crippen LogP contribution in [0, 0.1) is 20.8 Å². The van der Waals surface area contributed by atoms with E-state index in [0.717, 1.165) is 16.8 Å². The van der Waals surface area contributed by atoms with E-state index in [1.54, 1.807) is 0 Å². The van der Waals surface area contributed by atoms with Crippen molar-refractivity contribution in [3.63, 3.8) is 0 Å². The van der Waals surface area contributed by atoms with Crippen LogP contribution in [-0.4, -0.2) is 10.2 Å². The summed E-state index contributed by atoms with van der Waals surface area (Å²) < 4.78 is 0. The molecular weight excluding hydrogens is 198 g/mol. The number of anilines is 1. The topological polar surface area (TPSA) is 51.8 Å². The Balaban J connectivity index is 2.50. The maximum Gasteiger partial charge on any atom is 0.149 e. The molecule has 1 aromatic heterocycles. The molecule has 0 amide bonds. The second kappa shape index (κ2) is 3.93. The van der Waals surface area contributed by atoms with Gasteiger partial charge in [-0.1, -0.05) is 12.1 Å². The van der Waals surface area contributed by atoms with E-state index in [1.165, 1.54) is 11.1 Å². The highest BCUT2D eigenvalue weighted by molar-refractivity contribution is 5.62.